The minimum Gasteiger partial charge on any atom is -0.450 e. The largest absolute Gasteiger partial charge is 0.450 e. The summed E-state index contributed by atoms with van der Waals surface area (Å²) in [6, 6.07) is 9.67. The van der Waals surface area contributed by atoms with Gasteiger partial charge in [-0.05, 0) is 42.5 Å². The molecule has 2 aromatic heterocycles. The molecular weight excluding hydrogens is 407 g/mol. The number of rotatable bonds is 6. The molecule has 0 saturated heterocycles. The number of carbonyl (C=O) groups is 2. The molecular formula is C21H21FN4O3S. The summed E-state index contributed by atoms with van der Waals surface area (Å²) in [6.07, 6.45) is 5.27. The number of hydrogen-bond acceptors (Lipinski definition) is 6. The van der Waals surface area contributed by atoms with Crippen LogP contribution in [0.1, 0.15) is 42.7 Å². The summed E-state index contributed by atoms with van der Waals surface area (Å²) in [4.78, 5) is 29.6. The Kier molecular flexibility index (Phi) is 6.18. The van der Waals surface area contributed by atoms with Crippen LogP contribution < -0.4 is 5.32 Å². The Hall–Kier alpha value is -3.07. The molecule has 0 bridgehead atoms. The van der Waals surface area contributed by atoms with Crippen molar-refractivity contribution in [1.29, 1.82) is 0 Å². The molecule has 9 heteroatoms. The normalized spacial score (nSPS) is 14.4. The molecule has 1 saturated carbocycles. The summed E-state index contributed by atoms with van der Waals surface area (Å²) in [5.74, 6) is -1.36. The molecule has 1 aliphatic carbocycles. The lowest BCUT2D eigenvalue weighted by Gasteiger charge is -2.22. The van der Waals surface area contributed by atoms with Gasteiger partial charge >= 0.3 is 5.97 Å². The Balaban J connectivity index is 1.49. The van der Waals surface area contributed by atoms with Crippen molar-refractivity contribution in [2.24, 2.45) is 0 Å². The van der Waals surface area contributed by atoms with E-state index in [0.717, 1.165) is 30.6 Å². The number of nitrogens with zero attached hydrogens (tertiary/aromatic N) is 3. The predicted molar refractivity (Wildman–Crippen MR) is 110 cm³/mol. The van der Waals surface area contributed by atoms with Gasteiger partial charge in [0, 0.05) is 6.04 Å². The molecule has 2 heterocycles. The van der Waals surface area contributed by atoms with Gasteiger partial charge in [0.25, 0.3) is 11.7 Å². The summed E-state index contributed by atoms with van der Waals surface area (Å²) in [5.41, 5.74) is 0.431. The highest BCUT2D eigenvalue weighted by Crippen LogP contribution is 2.26. The van der Waals surface area contributed by atoms with Crippen molar-refractivity contribution < 1.29 is 18.7 Å². The first-order valence-corrected chi connectivity index (χ1v) is 10.7. The van der Waals surface area contributed by atoms with Crippen molar-refractivity contribution in [3.63, 3.8) is 0 Å². The second-order valence-corrected chi connectivity index (χ2v) is 8.05. The monoisotopic (exact) mass is 428 g/mol. The molecule has 4 rings (SSSR count). The fourth-order valence-electron chi connectivity index (χ4n) is 3.46. The van der Waals surface area contributed by atoms with Gasteiger partial charge in [-0.3, -0.25) is 4.79 Å². The number of ether oxygens (including phenoxy) is 1. The van der Waals surface area contributed by atoms with Gasteiger partial charge in [0.2, 0.25) is 0 Å². The molecule has 0 unspecified atom stereocenters. The number of halogens is 1. The van der Waals surface area contributed by atoms with Crippen molar-refractivity contribution in [2.45, 2.75) is 38.1 Å². The molecule has 1 aromatic carbocycles. The van der Waals surface area contributed by atoms with Gasteiger partial charge in [0.1, 0.15) is 5.82 Å². The summed E-state index contributed by atoms with van der Waals surface area (Å²) in [6.45, 7) is -0.391. The van der Waals surface area contributed by atoms with Crippen molar-refractivity contribution in [3.8, 4) is 16.4 Å². The van der Waals surface area contributed by atoms with Crippen LogP contribution in [0.3, 0.4) is 0 Å². The van der Waals surface area contributed by atoms with Gasteiger partial charge in [-0.2, -0.15) is 4.98 Å². The van der Waals surface area contributed by atoms with E-state index in [4.69, 9.17) is 4.74 Å². The average Bonchev–Trinajstić information content (AvgIpc) is 3.42. The number of hydrogen-bond donors (Lipinski definition) is 1. The van der Waals surface area contributed by atoms with Gasteiger partial charge < -0.3 is 10.1 Å². The van der Waals surface area contributed by atoms with Crippen molar-refractivity contribution in [3.05, 3.63) is 53.4 Å². The molecule has 3 aromatic rings. The van der Waals surface area contributed by atoms with E-state index in [1.54, 1.807) is 12.1 Å². The fourth-order valence-corrected chi connectivity index (χ4v) is 4.16. The topological polar surface area (TPSA) is 86.1 Å². The van der Waals surface area contributed by atoms with Gasteiger partial charge in [-0.1, -0.05) is 31.4 Å². The Labute approximate surface area is 176 Å². The van der Waals surface area contributed by atoms with E-state index in [2.05, 4.69) is 15.4 Å². The second kappa shape index (κ2) is 9.17. The summed E-state index contributed by atoms with van der Waals surface area (Å²) in [7, 11) is 0. The van der Waals surface area contributed by atoms with Crippen LogP contribution in [0.4, 0.5) is 4.39 Å². The first-order chi connectivity index (χ1) is 14.6. The number of nitrogens with one attached hydrogen (secondary N) is 1. The standard InChI is InChI=1S/C21H21FN4O3S/c22-14-6-4-9-16(12-14)26-20(17-10-5-11-30-17)24-19(25-26)21(28)29-13-18(27)23-15-7-2-1-3-8-15/h4-6,9-12,15H,1-3,7-8,13H2,(H,23,27). The van der Waals surface area contributed by atoms with Crippen LogP contribution in [0.25, 0.3) is 16.4 Å². The lowest BCUT2D eigenvalue weighted by atomic mass is 9.95. The third kappa shape index (κ3) is 4.73. The average molecular weight is 428 g/mol. The van der Waals surface area contributed by atoms with E-state index in [1.165, 1.54) is 34.6 Å². The van der Waals surface area contributed by atoms with Gasteiger partial charge in [-0.15, -0.1) is 16.4 Å². The molecule has 7 nitrogen and oxygen atoms in total. The van der Waals surface area contributed by atoms with E-state index < -0.39 is 18.4 Å². The maximum absolute atomic E-state index is 13.7. The Morgan fingerprint density at radius 1 is 1.20 bits per heavy atom. The minimum atomic E-state index is -0.804. The number of esters is 1. The zero-order valence-electron chi connectivity index (χ0n) is 16.2. The highest BCUT2D eigenvalue weighted by Gasteiger charge is 2.22. The molecule has 1 N–H and O–H groups in total. The van der Waals surface area contributed by atoms with E-state index in [1.807, 2.05) is 17.5 Å². The van der Waals surface area contributed by atoms with E-state index in [0.29, 0.717) is 11.5 Å². The SMILES string of the molecule is O=C(COC(=O)c1nc(-c2cccs2)n(-c2cccc(F)c2)n1)NC1CCCCC1. The van der Waals surface area contributed by atoms with Crippen LogP contribution in [-0.4, -0.2) is 39.3 Å². The number of thiophene rings is 1. The first kappa shape index (κ1) is 20.2. The molecule has 30 heavy (non-hydrogen) atoms. The quantitative estimate of drug-likeness (QED) is 0.605. The summed E-state index contributed by atoms with van der Waals surface area (Å²) >= 11 is 1.42. The number of amides is 1. The molecule has 0 aliphatic heterocycles. The molecule has 0 atom stereocenters. The fraction of sp³-hybridized carbons (Fsp3) is 0.333. The zero-order valence-corrected chi connectivity index (χ0v) is 17.0. The molecule has 0 radical (unpaired) electrons. The number of aromatic nitrogens is 3. The highest BCUT2D eigenvalue weighted by atomic mass is 32.1. The highest BCUT2D eigenvalue weighted by molar-refractivity contribution is 7.13. The maximum atomic E-state index is 13.7. The van der Waals surface area contributed by atoms with Crippen molar-refractivity contribution in [1.82, 2.24) is 20.1 Å². The Bertz CT molecular complexity index is 1030. The van der Waals surface area contributed by atoms with Gasteiger partial charge in [-0.25, -0.2) is 13.9 Å². The van der Waals surface area contributed by atoms with Crippen LogP contribution in [0, 0.1) is 5.82 Å². The van der Waals surface area contributed by atoms with Crippen molar-refractivity contribution in [2.75, 3.05) is 6.61 Å². The van der Waals surface area contributed by atoms with Crippen LogP contribution >= 0.6 is 11.3 Å². The van der Waals surface area contributed by atoms with Gasteiger partial charge in [0.15, 0.2) is 12.4 Å². The lowest BCUT2D eigenvalue weighted by molar-refractivity contribution is -0.125. The van der Waals surface area contributed by atoms with E-state index >= 15 is 0 Å². The molecule has 1 amide bonds. The van der Waals surface area contributed by atoms with Crippen LogP contribution in [0.5, 0.6) is 0 Å². The lowest BCUT2D eigenvalue weighted by Crippen LogP contribution is -2.38. The van der Waals surface area contributed by atoms with Crippen LogP contribution in [-0.2, 0) is 9.53 Å². The smallest absolute Gasteiger partial charge is 0.378 e. The van der Waals surface area contributed by atoms with Gasteiger partial charge in [0.05, 0.1) is 10.6 Å². The summed E-state index contributed by atoms with van der Waals surface area (Å²) < 4.78 is 20.2. The van der Waals surface area contributed by atoms with E-state index in [9.17, 15) is 14.0 Å². The summed E-state index contributed by atoms with van der Waals surface area (Å²) in [5, 5.41) is 8.97. The maximum Gasteiger partial charge on any atom is 0.378 e. The molecule has 1 aliphatic rings. The Morgan fingerprint density at radius 3 is 2.77 bits per heavy atom. The molecule has 156 valence electrons. The van der Waals surface area contributed by atoms with Crippen LogP contribution in [0.2, 0.25) is 0 Å². The minimum absolute atomic E-state index is 0.140. The van der Waals surface area contributed by atoms with Crippen molar-refractivity contribution >= 4 is 23.2 Å². The molecule has 1 fully saturated rings. The number of benzene rings is 1. The van der Waals surface area contributed by atoms with Crippen LogP contribution in [0.15, 0.2) is 41.8 Å². The second-order valence-electron chi connectivity index (χ2n) is 7.11. The molecule has 0 spiro atoms. The first-order valence-electron chi connectivity index (χ1n) is 9.83. The zero-order chi connectivity index (χ0) is 20.9. The third-order valence-electron chi connectivity index (χ3n) is 4.89. The third-order valence-corrected chi connectivity index (χ3v) is 5.75. The predicted octanol–water partition coefficient (Wildman–Crippen LogP) is 3.74. The van der Waals surface area contributed by atoms with E-state index in [-0.39, 0.29) is 17.8 Å². The Morgan fingerprint density at radius 2 is 2.03 bits per heavy atom. The number of carbonyl (C=O) groups excluding carboxylic acids is 2.